The Hall–Kier alpha value is -3.75. The van der Waals surface area contributed by atoms with E-state index in [9.17, 15) is 23.1 Å². The molecule has 3 rings (SSSR count). The number of hydrogen-bond donors (Lipinski definition) is 2. The highest BCUT2D eigenvalue weighted by atomic mass is 19.4. The molecular weight excluding hydrogens is 389 g/mol. The van der Waals surface area contributed by atoms with Crippen LogP contribution in [0.25, 0.3) is 11.1 Å². The maximum absolute atomic E-state index is 12.9. The fraction of sp³-hybridized carbons (Fsp3) is 0.100. The summed E-state index contributed by atoms with van der Waals surface area (Å²) in [5.41, 5.74) is 0.898. The average Bonchev–Trinajstić information content (AvgIpc) is 2.68. The lowest BCUT2D eigenvalue weighted by Crippen LogP contribution is -2.18. The standard InChI is InChI=1S/C20H15F3N2O4/c1-28-14-4-2-3-12(9-14)13-5-6-16(18(10-13)29-20(21,22)23)25-17-11-24-8-7-15(17)19(26)27/h2-11,25H,1H3,(H,26,27). The van der Waals surface area contributed by atoms with Gasteiger partial charge in [0.25, 0.3) is 0 Å². The molecule has 0 fully saturated rings. The van der Waals surface area contributed by atoms with Gasteiger partial charge in [-0.1, -0.05) is 18.2 Å². The molecule has 29 heavy (non-hydrogen) atoms. The third-order valence-corrected chi connectivity index (χ3v) is 3.93. The number of ether oxygens (including phenoxy) is 2. The number of nitrogens with zero attached hydrogens (tertiary/aromatic N) is 1. The molecule has 0 radical (unpaired) electrons. The summed E-state index contributed by atoms with van der Waals surface area (Å²) in [6.07, 6.45) is -2.46. The van der Waals surface area contributed by atoms with E-state index in [1.54, 1.807) is 30.3 Å². The van der Waals surface area contributed by atoms with Gasteiger partial charge in [0.1, 0.15) is 5.75 Å². The number of methoxy groups -OCH3 is 1. The first-order chi connectivity index (χ1) is 13.8. The number of carbonyl (C=O) groups is 1. The van der Waals surface area contributed by atoms with Gasteiger partial charge in [-0.25, -0.2) is 4.79 Å². The Morgan fingerprint density at radius 1 is 1.07 bits per heavy atom. The highest BCUT2D eigenvalue weighted by Gasteiger charge is 2.32. The van der Waals surface area contributed by atoms with Crippen molar-refractivity contribution in [2.75, 3.05) is 12.4 Å². The largest absolute Gasteiger partial charge is 0.573 e. The van der Waals surface area contributed by atoms with Crippen LogP contribution >= 0.6 is 0 Å². The summed E-state index contributed by atoms with van der Waals surface area (Å²) in [5, 5.41) is 11.9. The number of aromatic carboxylic acids is 1. The molecule has 2 N–H and O–H groups in total. The highest BCUT2D eigenvalue weighted by Crippen LogP contribution is 2.37. The average molecular weight is 404 g/mol. The second kappa shape index (κ2) is 8.09. The summed E-state index contributed by atoms with van der Waals surface area (Å²) in [6.45, 7) is 0. The molecule has 9 heteroatoms. The highest BCUT2D eigenvalue weighted by molar-refractivity contribution is 5.95. The van der Waals surface area contributed by atoms with E-state index in [1.807, 2.05) is 0 Å². The predicted octanol–water partition coefficient (Wildman–Crippen LogP) is 5.10. The summed E-state index contributed by atoms with van der Waals surface area (Å²) < 4.78 is 48.1. The van der Waals surface area contributed by atoms with Crippen LogP contribution in [0.3, 0.4) is 0 Å². The number of rotatable bonds is 6. The number of pyridine rings is 1. The van der Waals surface area contributed by atoms with E-state index in [0.29, 0.717) is 16.9 Å². The van der Waals surface area contributed by atoms with Gasteiger partial charge in [0.2, 0.25) is 0 Å². The first-order valence-corrected chi connectivity index (χ1v) is 8.25. The van der Waals surface area contributed by atoms with E-state index in [0.717, 1.165) is 0 Å². The Morgan fingerprint density at radius 2 is 1.83 bits per heavy atom. The first-order valence-electron chi connectivity index (χ1n) is 8.25. The molecule has 3 aromatic rings. The first kappa shape index (κ1) is 20.0. The second-order valence-electron chi connectivity index (χ2n) is 5.84. The SMILES string of the molecule is COc1cccc(-c2ccc(Nc3cnccc3C(=O)O)c(OC(F)(F)F)c2)c1. The maximum Gasteiger partial charge on any atom is 0.573 e. The minimum Gasteiger partial charge on any atom is -0.497 e. The third kappa shape index (κ3) is 4.95. The van der Waals surface area contributed by atoms with Crippen LogP contribution in [0.4, 0.5) is 24.5 Å². The van der Waals surface area contributed by atoms with Gasteiger partial charge in [-0.15, -0.1) is 13.2 Å². The van der Waals surface area contributed by atoms with Gasteiger partial charge >= 0.3 is 12.3 Å². The number of anilines is 2. The van der Waals surface area contributed by atoms with Crippen LogP contribution < -0.4 is 14.8 Å². The van der Waals surface area contributed by atoms with Crippen molar-refractivity contribution in [3.05, 3.63) is 66.5 Å². The van der Waals surface area contributed by atoms with Crippen LogP contribution in [0.1, 0.15) is 10.4 Å². The van der Waals surface area contributed by atoms with Gasteiger partial charge in [-0.05, 0) is 41.5 Å². The predicted molar refractivity (Wildman–Crippen MR) is 99.6 cm³/mol. The molecule has 0 spiro atoms. The summed E-state index contributed by atoms with van der Waals surface area (Å²) >= 11 is 0. The van der Waals surface area contributed by atoms with Gasteiger partial charge in [0.05, 0.1) is 30.2 Å². The summed E-state index contributed by atoms with van der Waals surface area (Å²) in [6, 6.07) is 12.2. The van der Waals surface area contributed by atoms with E-state index in [1.165, 1.54) is 37.7 Å². The number of aromatic nitrogens is 1. The Balaban J connectivity index is 2.04. The zero-order chi connectivity index (χ0) is 21.0. The Morgan fingerprint density at radius 3 is 2.52 bits per heavy atom. The van der Waals surface area contributed by atoms with Crippen LogP contribution in [0, 0.1) is 0 Å². The zero-order valence-corrected chi connectivity index (χ0v) is 15.0. The van der Waals surface area contributed by atoms with Crippen molar-refractivity contribution in [1.29, 1.82) is 0 Å². The fourth-order valence-electron chi connectivity index (χ4n) is 2.64. The van der Waals surface area contributed by atoms with E-state index in [4.69, 9.17) is 4.74 Å². The van der Waals surface area contributed by atoms with Crippen molar-refractivity contribution in [3.63, 3.8) is 0 Å². The molecular formula is C20H15F3N2O4. The van der Waals surface area contributed by atoms with Crippen molar-refractivity contribution in [3.8, 4) is 22.6 Å². The lowest BCUT2D eigenvalue weighted by atomic mass is 10.0. The van der Waals surface area contributed by atoms with Crippen LogP contribution in [0.5, 0.6) is 11.5 Å². The van der Waals surface area contributed by atoms with Crippen molar-refractivity contribution in [2.24, 2.45) is 0 Å². The van der Waals surface area contributed by atoms with Crippen LogP contribution in [-0.4, -0.2) is 29.5 Å². The minimum atomic E-state index is -4.94. The Labute approximate surface area is 163 Å². The zero-order valence-electron chi connectivity index (χ0n) is 15.0. The van der Waals surface area contributed by atoms with Crippen LogP contribution in [-0.2, 0) is 0 Å². The van der Waals surface area contributed by atoms with Crippen molar-refractivity contribution in [2.45, 2.75) is 6.36 Å². The molecule has 1 heterocycles. The normalized spacial score (nSPS) is 11.0. The molecule has 0 saturated carbocycles. The van der Waals surface area contributed by atoms with Crippen molar-refractivity contribution in [1.82, 2.24) is 4.98 Å². The minimum absolute atomic E-state index is 0.0288. The quantitative estimate of drug-likeness (QED) is 0.595. The van der Waals surface area contributed by atoms with Gasteiger partial charge in [0.15, 0.2) is 5.75 Å². The summed E-state index contributed by atoms with van der Waals surface area (Å²) in [5.74, 6) is -1.22. The maximum atomic E-state index is 12.9. The van der Waals surface area contributed by atoms with Gasteiger partial charge in [-0.3, -0.25) is 4.98 Å². The second-order valence-corrected chi connectivity index (χ2v) is 5.84. The fourth-order valence-corrected chi connectivity index (χ4v) is 2.64. The monoisotopic (exact) mass is 404 g/mol. The van der Waals surface area contributed by atoms with E-state index in [2.05, 4.69) is 15.0 Å². The molecule has 0 bridgehead atoms. The van der Waals surface area contributed by atoms with Gasteiger partial charge in [0, 0.05) is 6.20 Å². The molecule has 6 nitrogen and oxygen atoms in total. The van der Waals surface area contributed by atoms with E-state index in [-0.39, 0.29) is 16.9 Å². The number of hydrogen-bond acceptors (Lipinski definition) is 5. The number of halogens is 3. The Bertz CT molecular complexity index is 1040. The molecule has 0 unspecified atom stereocenters. The van der Waals surface area contributed by atoms with E-state index < -0.39 is 18.1 Å². The molecule has 0 saturated heterocycles. The number of carboxylic acid groups (broad SMARTS) is 1. The summed E-state index contributed by atoms with van der Waals surface area (Å²) in [7, 11) is 1.48. The lowest BCUT2D eigenvalue weighted by molar-refractivity contribution is -0.274. The molecule has 0 amide bonds. The molecule has 0 aliphatic carbocycles. The molecule has 0 atom stereocenters. The number of carboxylic acids is 1. The molecule has 2 aromatic carbocycles. The molecule has 150 valence electrons. The Kier molecular flexibility index (Phi) is 5.58. The molecule has 0 aliphatic heterocycles. The van der Waals surface area contributed by atoms with Gasteiger partial charge in [-0.2, -0.15) is 0 Å². The number of nitrogens with one attached hydrogen (secondary N) is 1. The smallest absolute Gasteiger partial charge is 0.497 e. The number of alkyl halides is 3. The topological polar surface area (TPSA) is 80.7 Å². The van der Waals surface area contributed by atoms with Crippen LogP contribution in [0.15, 0.2) is 60.9 Å². The number of benzene rings is 2. The van der Waals surface area contributed by atoms with Crippen molar-refractivity contribution < 1.29 is 32.5 Å². The van der Waals surface area contributed by atoms with Crippen LogP contribution in [0.2, 0.25) is 0 Å². The lowest BCUT2D eigenvalue weighted by Gasteiger charge is -2.17. The van der Waals surface area contributed by atoms with E-state index >= 15 is 0 Å². The molecule has 0 aliphatic rings. The van der Waals surface area contributed by atoms with Crippen molar-refractivity contribution >= 4 is 17.3 Å². The van der Waals surface area contributed by atoms with Gasteiger partial charge < -0.3 is 19.9 Å². The third-order valence-electron chi connectivity index (χ3n) is 3.93. The molecule has 1 aromatic heterocycles. The summed E-state index contributed by atoms with van der Waals surface area (Å²) in [4.78, 5) is 15.1.